The van der Waals surface area contributed by atoms with Gasteiger partial charge in [-0.2, -0.15) is 10.2 Å². The second-order valence-electron chi connectivity index (χ2n) is 10.8. The number of imide groups is 1. The number of amides is 4. The van der Waals surface area contributed by atoms with Crippen molar-refractivity contribution < 1.29 is 19.2 Å². The number of benzene rings is 5. The summed E-state index contributed by atoms with van der Waals surface area (Å²) in [6.45, 7) is 0. The molecule has 0 radical (unpaired) electrons. The lowest BCUT2D eigenvalue weighted by Gasteiger charge is -2.15. The number of hydrogen-bond donors (Lipinski definition) is 2. The van der Waals surface area contributed by atoms with Gasteiger partial charge in [0.25, 0.3) is 11.8 Å². The van der Waals surface area contributed by atoms with Gasteiger partial charge in [-0.05, 0) is 96.6 Å². The first-order valence-corrected chi connectivity index (χ1v) is 16.4. The number of nitrogens with one attached hydrogen (secondary N) is 2. The quantitative estimate of drug-likeness (QED) is 0.0867. The van der Waals surface area contributed by atoms with E-state index < -0.39 is 17.1 Å². The topological polar surface area (TPSA) is 120 Å². The van der Waals surface area contributed by atoms with E-state index in [4.69, 9.17) is 11.6 Å². The predicted octanol–water partition coefficient (Wildman–Crippen LogP) is 8.59. The molecule has 5 aromatic carbocycles. The molecule has 1 fully saturated rings. The predicted molar refractivity (Wildman–Crippen MR) is 192 cm³/mol. The fourth-order valence-corrected chi connectivity index (χ4v) is 6.18. The minimum Gasteiger partial charge on any atom is -0.321 e. The van der Waals surface area contributed by atoms with Gasteiger partial charge in [-0.15, -0.1) is 11.8 Å². The minimum absolute atomic E-state index is 0.0250. The van der Waals surface area contributed by atoms with Crippen molar-refractivity contribution in [3.8, 4) is 0 Å². The van der Waals surface area contributed by atoms with E-state index in [0.717, 1.165) is 10.6 Å². The van der Waals surface area contributed by atoms with E-state index in [9.17, 15) is 19.2 Å². The first-order valence-electron chi connectivity index (χ1n) is 15.2. The van der Waals surface area contributed by atoms with Crippen LogP contribution in [0, 0.1) is 0 Å². The zero-order valence-corrected chi connectivity index (χ0v) is 27.4. The molecule has 0 saturated carbocycles. The number of azo groups is 1. The number of nitrogens with zero attached hydrogens (tertiary/aromatic N) is 3. The second kappa shape index (κ2) is 15.4. The van der Waals surface area contributed by atoms with E-state index in [1.807, 2.05) is 30.3 Å². The largest absolute Gasteiger partial charge is 0.321 e. The normalized spacial score (nSPS) is 14.7. The van der Waals surface area contributed by atoms with Crippen LogP contribution in [0.5, 0.6) is 0 Å². The Morgan fingerprint density at radius 1 is 0.776 bits per heavy atom. The van der Waals surface area contributed by atoms with Crippen LogP contribution in [0.2, 0.25) is 5.02 Å². The van der Waals surface area contributed by atoms with Crippen LogP contribution in [-0.4, -0.2) is 28.9 Å². The SMILES string of the molecule is O=C(Nc1ccc(SC2CC(=O)N(c3ccc(N=Nc4ccccc4)cc3)C2=O)cc1)C(=Cc1cccc(Cl)c1)NC(=O)c1ccccc1. The van der Waals surface area contributed by atoms with Gasteiger partial charge in [-0.1, -0.05) is 60.1 Å². The van der Waals surface area contributed by atoms with E-state index in [2.05, 4.69) is 20.9 Å². The van der Waals surface area contributed by atoms with E-state index in [0.29, 0.717) is 33.2 Å². The van der Waals surface area contributed by atoms with Crippen LogP contribution in [0.1, 0.15) is 22.3 Å². The molecule has 6 rings (SSSR count). The zero-order chi connectivity index (χ0) is 34.2. The van der Waals surface area contributed by atoms with Crippen LogP contribution in [0.4, 0.5) is 22.7 Å². The summed E-state index contributed by atoms with van der Waals surface area (Å²) in [5.74, 6) is -1.58. The standard InChI is InChI=1S/C38H28ClN5O4S/c39-27-11-7-8-25(22-27)23-33(41-36(46)26-9-3-1-4-10-26)37(47)40-28-16-20-32(21-17-28)49-34-24-35(45)44(38(34)48)31-18-14-30(15-19-31)43-42-29-12-5-2-6-13-29/h1-23,34H,24H2,(H,40,47)(H,41,46). The van der Waals surface area contributed by atoms with Gasteiger partial charge in [0.05, 0.1) is 22.3 Å². The zero-order valence-electron chi connectivity index (χ0n) is 25.8. The fraction of sp³-hybridized carbons (Fsp3) is 0.0526. The molecule has 1 atom stereocenters. The smallest absolute Gasteiger partial charge is 0.272 e. The summed E-state index contributed by atoms with van der Waals surface area (Å²) >= 11 is 7.41. The number of halogens is 1. The Hall–Kier alpha value is -5.84. The molecule has 1 aliphatic heterocycles. The van der Waals surface area contributed by atoms with Gasteiger partial charge >= 0.3 is 0 Å². The molecule has 0 aliphatic carbocycles. The molecule has 0 spiro atoms. The summed E-state index contributed by atoms with van der Waals surface area (Å²) in [6, 6.07) is 38.5. The van der Waals surface area contributed by atoms with E-state index in [-0.39, 0.29) is 23.9 Å². The molecule has 1 saturated heterocycles. The van der Waals surface area contributed by atoms with Crippen LogP contribution < -0.4 is 15.5 Å². The third-order valence-corrected chi connectivity index (χ3v) is 8.76. The minimum atomic E-state index is -0.606. The second-order valence-corrected chi connectivity index (χ2v) is 12.6. The van der Waals surface area contributed by atoms with Crippen molar-refractivity contribution in [1.82, 2.24) is 5.32 Å². The molecule has 242 valence electrons. The van der Waals surface area contributed by atoms with E-state index in [1.54, 1.807) is 109 Å². The highest BCUT2D eigenvalue weighted by Crippen LogP contribution is 2.35. The maximum atomic E-state index is 13.4. The third kappa shape index (κ3) is 8.55. The van der Waals surface area contributed by atoms with Crippen molar-refractivity contribution in [3.05, 3.63) is 155 Å². The summed E-state index contributed by atoms with van der Waals surface area (Å²) in [7, 11) is 0. The number of hydrogen-bond acceptors (Lipinski definition) is 7. The molecule has 9 nitrogen and oxygen atoms in total. The molecule has 1 aliphatic rings. The van der Waals surface area contributed by atoms with Gasteiger partial charge < -0.3 is 10.6 Å². The van der Waals surface area contributed by atoms with Crippen molar-refractivity contribution >= 4 is 75.8 Å². The van der Waals surface area contributed by atoms with E-state index >= 15 is 0 Å². The number of rotatable bonds is 10. The monoisotopic (exact) mass is 685 g/mol. The van der Waals surface area contributed by atoms with Crippen LogP contribution in [0.3, 0.4) is 0 Å². The molecule has 1 heterocycles. The van der Waals surface area contributed by atoms with Crippen LogP contribution >= 0.6 is 23.4 Å². The summed E-state index contributed by atoms with van der Waals surface area (Å²) < 4.78 is 0. The summed E-state index contributed by atoms with van der Waals surface area (Å²) in [4.78, 5) is 54.4. The van der Waals surface area contributed by atoms with Gasteiger partial charge in [0.2, 0.25) is 11.8 Å². The maximum Gasteiger partial charge on any atom is 0.272 e. The first kappa shape index (κ1) is 33.1. The summed E-state index contributed by atoms with van der Waals surface area (Å²) in [5, 5.41) is 13.8. The Morgan fingerprint density at radius 2 is 1.43 bits per heavy atom. The molecule has 0 aromatic heterocycles. The Kier molecular flexibility index (Phi) is 10.4. The Labute approximate surface area is 291 Å². The molecule has 5 aromatic rings. The van der Waals surface area contributed by atoms with Crippen molar-refractivity contribution in [3.63, 3.8) is 0 Å². The number of carbonyl (C=O) groups is 4. The van der Waals surface area contributed by atoms with Crippen molar-refractivity contribution in [2.24, 2.45) is 10.2 Å². The lowest BCUT2D eigenvalue weighted by atomic mass is 10.1. The van der Waals surface area contributed by atoms with Gasteiger partial charge in [0.1, 0.15) is 5.70 Å². The maximum absolute atomic E-state index is 13.4. The van der Waals surface area contributed by atoms with E-state index in [1.165, 1.54) is 16.7 Å². The Morgan fingerprint density at radius 3 is 2.10 bits per heavy atom. The molecule has 1 unspecified atom stereocenters. The van der Waals surface area contributed by atoms with Gasteiger partial charge in [0.15, 0.2) is 0 Å². The molecule has 2 N–H and O–H groups in total. The van der Waals surface area contributed by atoms with Crippen molar-refractivity contribution in [2.45, 2.75) is 16.6 Å². The van der Waals surface area contributed by atoms with Gasteiger partial charge in [-0.25, -0.2) is 4.90 Å². The fourth-order valence-electron chi connectivity index (χ4n) is 4.93. The van der Waals surface area contributed by atoms with Crippen molar-refractivity contribution in [2.75, 3.05) is 10.2 Å². The van der Waals surface area contributed by atoms with Crippen LogP contribution in [0.25, 0.3) is 6.08 Å². The highest BCUT2D eigenvalue weighted by molar-refractivity contribution is 8.00. The number of carbonyl (C=O) groups excluding carboxylic acids is 4. The number of anilines is 2. The van der Waals surface area contributed by atoms with Crippen LogP contribution in [-0.2, 0) is 14.4 Å². The Bertz CT molecular complexity index is 2050. The summed E-state index contributed by atoms with van der Waals surface area (Å²) in [5.41, 5.74) is 3.31. The summed E-state index contributed by atoms with van der Waals surface area (Å²) in [6.07, 6.45) is 1.60. The molecule has 4 amide bonds. The molecule has 49 heavy (non-hydrogen) atoms. The third-order valence-electron chi connectivity index (χ3n) is 7.33. The first-order chi connectivity index (χ1) is 23.8. The van der Waals surface area contributed by atoms with Crippen molar-refractivity contribution in [1.29, 1.82) is 0 Å². The molecule has 11 heteroatoms. The molecule has 0 bridgehead atoms. The average Bonchev–Trinajstić information content (AvgIpc) is 3.40. The molecular weight excluding hydrogens is 658 g/mol. The number of thioether (sulfide) groups is 1. The lowest BCUT2D eigenvalue weighted by molar-refractivity contribution is -0.121. The lowest BCUT2D eigenvalue weighted by Crippen LogP contribution is -2.31. The average molecular weight is 686 g/mol. The highest BCUT2D eigenvalue weighted by Gasteiger charge is 2.40. The van der Waals surface area contributed by atoms with Gasteiger partial charge in [0, 0.05) is 27.6 Å². The Balaban J connectivity index is 1.10. The van der Waals surface area contributed by atoms with Gasteiger partial charge in [-0.3, -0.25) is 19.2 Å². The molecular formula is C38H28ClN5O4S. The van der Waals surface area contributed by atoms with Crippen LogP contribution in [0.15, 0.2) is 154 Å². The highest BCUT2D eigenvalue weighted by atomic mass is 35.5.